The van der Waals surface area contributed by atoms with Crippen LogP contribution in [0.5, 0.6) is 0 Å². The molecule has 0 amide bonds. The summed E-state index contributed by atoms with van der Waals surface area (Å²) < 4.78 is 44.0. The van der Waals surface area contributed by atoms with Crippen molar-refractivity contribution in [3.63, 3.8) is 0 Å². The van der Waals surface area contributed by atoms with Gasteiger partial charge in [0.25, 0.3) is 5.56 Å². The van der Waals surface area contributed by atoms with Gasteiger partial charge in [0.05, 0.1) is 5.02 Å². The molecular weight excluding hydrogens is 499 g/mol. The second-order valence-electron chi connectivity index (χ2n) is 8.21. The van der Waals surface area contributed by atoms with Crippen molar-refractivity contribution in [2.45, 2.75) is 25.3 Å². The lowest BCUT2D eigenvalue weighted by Crippen LogP contribution is -2.31. The Kier molecular flexibility index (Phi) is 5.79. The molecule has 0 bridgehead atoms. The van der Waals surface area contributed by atoms with Gasteiger partial charge in [-0.05, 0) is 29.3 Å². The molecule has 0 fully saturated rings. The Morgan fingerprint density at radius 3 is 2.44 bits per heavy atom. The van der Waals surface area contributed by atoms with E-state index in [1.165, 1.54) is 24.5 Å². The molecule has 4 aromatic rings. The van der Waals surface area contributed by atoms with Gasteiger partial charge in [0.2, 0.25) is 0 Å². The van der Waals surface area contributed by atoms with E-state index >= 15 is 0 Å². The van der Waals surface area contributed by atoms with Crippen molar-refractivity contribution in [1.29, 1.82) is 0 Å². The Labute approximate surface area is 206 Å². The predicted molar refractivity (Wildman–Crippen MR) is 126 cm³/mol. The second-order valence-corrected chi connectivity index (χ2v) is 8.64. The smallest absolute Gasteiger partial charge is 0.412 e. The quantitative estimate of drug-likeness (QED) is 0.398. The van der Waals surface area contributed by atoms with Gasteiger partial charge in [-0.3, -0.25) is 9.20 Å². The molecule has 184 valence electrons. The average molecular weight is 516 g/mol. The highest BCUT2D eigenvalue weighted by atomic mass is 35.5. The van der Waals surface area contributed by atoms with Crippen molar-refractivity contribution >= 4 is 34.9 Å². The second kappa shape index (κ2) is 8.83. The van der Waals surface area contributed by atoms with Crippen LogP contribution in [0.3, 0.4) is 0 Å². The lowest BCUT2D eigenvalue weighted by molar-refractivity contribution is -0.143. The number of carboxylic acids is 1. The average Bonchev–Trinajstić information content (AvgIpc) is 3.26. The van der Waals surface area contributed by atoms with Gasteiger partial charge in [-0.1, -0.05) is 35.9 Å². The lowest BCUT2D eigenvalue weighted by atomic mass is 10.1. The highest BCUT2D eigenvalue weighted by Crippen LogP contribution is 2.38. The molecule has 1 atom stereocenters. The number of nitrogens with one attached hydrogen (secondary N) is 1. The fourth-order valence-electron chi connectivity index (χ4n) is 4.22. The third-order valence-corrected chi connectivity index (χ3v) is 6.07. The first-order valence-corrected chi connectivity index (χ1v) is 11.1. The molecule has 1 aromatic carbocycles. The van der Waals surface area contributed by atoms with E-state index in [4.69, 9.17) is 11.6 Å². The van der Waals surface area contributed by atoms with Crippen LogP contribution in [0.2, 0.25) is 5.02 Å². The molecule has 0 radical (unpaired) electrons. The zero-order chi connectivity index (χ0) is 25.6. The van der Waals surface area contributed by atoms with E-state index in [2.05, 4.69) is 15.3 Å². The van der Waals surface area contributed by atoms with Crippen LogP contribution in [0.25, 0.3) is 5.65 Å². The minimum absolute atomic E-state index is 0.127. The molecule has 12 heteroatoms. The summed E-state index contributed by atoms with van der Waals surface area (Å²) in [5.74, 6) is -1.73. The first kappa shape index (κ1) is 23.6. The number of carbonyl (C=O) groups is 1. The van der Waals surface area contributed by atoms with Crippen molar-refractivity contribution in [1.82, 2.24) is 14.4 Å². The minimum atomic E-state index is -4.92. The van der Waals surface area contributed by atoms with Crippen molar-refractivity contribution in [2.75, 3.05) is 10.2 Å². The van der Waals surface area contributed by atoms with Crippen molar-refractivity contribution in [3.05, 3.63) is 98.6 Å². The molecule has 8 nitrogen and oxygen atoms in total. The predicted octanol–water partition coefficient (Wildman–Crippen LogP) is 4.68. The number of carboxylic acid groups (broad SMARTS) is 1. The maximum absolute atomic E-state index is 14.4. The summed E-state index contributed by atoms with van der Waals surface area (Å²) >= 11 is 6.10. The molecular formula is C24H17ClF3N5O3. The van der Waals surface area contributed by atoms with Gasteiger partial charge in [-0.15, -0.1) is 0 Å². The Hall–Kier alpha value is -4.12. The molecule has 0 aliphatic carbocycles. The van der Waals surface area contributed by atoms with Crippen molar-refractivity contribution < 1.29 is 23.1 Å². The Balaban J connectivity index is 1.65. The van der Waals surface area contributed by atoms with E-state index in [-0.39, 0.29) is 16.5 Å². The maximum Gasteiger partial charge on any atom is 0.412 e. The molecule has 1 aliphatic heterocycles. The number of hydrogen-bond acceptors (Lipinski definition) is 6. The summed E-state index contributed by atoms with van der Waals surface area (Å²) in [5.41, 5.74) is 0.288. The molecule has 1 aliphatic rings. The Morgan fingerprint density at radius 1 is 1.11 bits per heavy atom. The summed E-state index contributed by atoms with van der Waals surface area (Å²) in [5, 5.41) is 11.4. The van der Waals surface area contributed by atoms with Crippen LogP contribution in [0, 0.1) is 0 Å². The van der Waals surface area contributed by atoms with Crippen molar-refractivity contribution in [2.24, 2.45) is 0 Å². The third kappa shape index (κ3) is 4.33. The van der Waals surface area contributed by atoms with Crippen LogP contribution in [0.1, 0.15) is 33.1 Å². The van der Waals surface area contributed by atoms with Gasteiger partial charge in [0.1, 0.15) is 22.8 Å². The van der Waals surface area contributed by atoms with E-state index in [1.807, 2.05) is 24.3 Å². The molecule has 36 heavy (non-hydrogen) atoms. The minimum Gasteiger partial charge on any atom is -0.478 e. The normalized spacial score (nSPS) is 14.1. The number of aromatic carboxylic acids is 1. The van der Waals surface area contributed by atoms with Crippen LogP contribution in [0.4, 0.5) is 24.8 Å². The number of pyridine rings is 2. The molecule has 0 spiro atoms. The number of fused-ring (bicyclic) bond motifs is 2. The maximum atomic E-state index is 14.4. The van der Waals surface area contributed by atoms with Crippen LogP contribution in [0.15, 0.2) is 65.7 Å². The number of benzene rings is 1. The van der Waals surface area contributed by atoms with E-state index in [1.54, 1.807) is 4.90 Å². The first-order valence-electron chi connectivity index (χ1n) is 10.7. The summed E-state index contributed by atoms with van der Waals surface area (Å²) in [6.07, 6.45) is -2.56. The molecule has 3 aromatic heterocycles. The summed E-state index contributed by atoms with van der Waals surface area (Å²) in [6, 6.07) is 9.91. The molecule has 0 saturated carbocycles. The van der Waals surface area contributed by atoms with Gasteiger partial charge < -0.3 is 15.3 Å². The summed E-state index contributed by atoms with van der Waals surface area (Å²) in [4.78, 5) is 34.5. The van der Waals surface area contributed by atoms with E-state index in [0.717, 1.165) is 27.7 Å². The molecule has 0 unspecified atom stereocenters. The Bertz CT molecular complexity index is 1530. The largest absolute Gasteiger partial charge is 0.478 e. The number of nitrogens with zero attached hydrogens (tertiary/aromatic N) is 4. The van der Waals surface area contributed by atoms with Gasteiger partial charge >= 0.3 is 12.1 Å². The first-order chi connectivity index (χ1) is 17.1. The van der Waals surface area contributed by atoms with Crippen LogP contribution in [-0.2, 0) is 13.1 Å². The molecule has 0 saturated heterocycles. The number of aromatic nitrogens is 3. The number of hydrogen-bond donors (Lipinski definition) is 2. The van der Waals surface area contributed by atoms with Crippen molar-refractivity contribution in [3.8, 4) is 0 Å². The number of halogens is 4. The molecule has 5 rings (SSSR count). The number of anilines is 2. The van der Waals surface area contributed by atoms with Gasteiger partial charge in [0.15, 0.2) is 6.04 Å². The topological polar surface area (TPSA) is 99.8 Å². The van der Waals surface area contributed by atoms with E-state index in [0.29, 0.717) is 13.1 Å². The molecule has 4 heterocycles. The van der Waals surface area contributed by atoms with E-state index in [9.17, 15) is 27.9 Å². The van der Waals surface area contributed by atoms with Crippen LogP contribution < -0.4 is 15.8 Å². The van der Waals surface area contributed by atoms with E-state index < -0.39 is 40.7 Å². The highest BCUT2D eigenvalue weighted by molar-refractivity contribution is 6.30. The Morgan fingerprint density at radius 2 is 1.81 bits per heavy atom. The standard InChI is InChI=1S/C24H17ClF3N5O3/c25-15-8-17(20(24(26,27)28)31-21-16(23(35)36)6-3-7-29-21)22-30-18(9-19(34)33(22)12-15)32-10-13-4-1-2-5-14(13)11-32/h1-9,12,20H,10-11H2,(H,29,31)(H,35,36)/t20-/m0/s1. The van der Waals surface area contributed by atoms with Crippen LogP contribution >= 0.6 is 11.6 Å². The fourth-order valence-corrected chi connectivity index (χ4v) is 4.43. The highest BCUT2D eigenvalue weighted by Gasteiger charge is 2.43. The lowest BCUT2D eigenvalue weighted by Gasteiger charge is -2.25. The fraction of sp³-hybridized carbons (Fsp3) is 0.167. The summed E-state index contributed by atoms with van der Waals surface area (Å²) in [7, 11) is 0. The zero-order valence-corrected chi connectivity index (χ0v) is 19.1. The monoisotopic (exact) mass is 515 g/mol. The SMILES string of the molecule is O=C(O)c1cccnc1N[C@@H](c1cc(Cl)cn2c(=O)cc(N3Cc4ccccc4C3)nc12)C(F)(F)F. The third-order valence-electron chi connectivity index (χ3n) is 5.86. The van der Waals surface area contributed by atoms with Crippen LogP contribution in [-0.4, -0.2) is 31.6 Å². The number of rotatable bonds is 5. The number of alkyl halides is 3. The van der Waals surface area contributed by atoms with Gasteiger partial charge in [-0.25, -0.2) is 14.8 Å². The molecule has 2 N–H and O–H groups in total. The summed E-state index contributed by atoms with van der Waals surface area (Å²) in [6.45, 7) is 0.886. The van der Waals surface area contributed by atoms with Gasteiger partial charge in [0, 0.05) is 37.1 Å². The van der Waals surface area contributed by atoms with Gasteiger partial charge in [-0.2, -0.15) is 13.2 Å². The zero-order valence-electron chi connectivity index (χ0n) is 18.3.